The molecule has 4 nitrogen and oxygen atoms in total. The number of rotatable bonds is 5. The van der Waals surface area contributed by atoms with Gasteiger partial charge in [0, 0.05) is 20.1 Å². The number of carboxylic acid groups (broad SMARTS) is 1. The first-order chi connectivity index (χ1) is 9.08. The molecule has 0 radical (unpaired) electrons. The van der Waals surface area contributed by atoms with Crippen LogP contribution in [0.3, 0.4) is 0 Å². The molecular formula is C15H22N2O2. The van der Waals surface area contributed by atoms with Gasteiger partial charge in [0.2, 0.25) is 0 Å². The third kappa shape index (κ3) is 3.47. The number of likely N-dealkylation sites (N-methyl/N-ethyl adjacent to an activating group) is 1. The predicted octanol–water partition coefficient (Wildman–Crippen LogP) is 2.23. The summed E-state index contributed by atoms with van der Waals surface area (Å²) in [4.78, 5) is 15.8. The van der Waals surface area contributed by atoms with E-state index >= 15 is 0 Å². The Kier molecular flexibility index (Phi) is 4.43. The molecule has 1 aliphatic rings. The average molecular weight is 262 g/mol. The summed E-state index contributed by atoms with van der Waals surface area (Å²) in [7, 11) is 1.97. The molecule has 0 aromatic heterocycles. The minimum absolute atomic E-state index is 0.393. The Labute approximate surface area is 114 Å². The standard InChI is InChI=1S/C15H22N2O2/c1-12-5-6-14(13(11-12)15(18)19)16(2)9-10-17-7-3-4-8-17/h5-6,11H,3-4,7-10H2,1-2H3,(H,18,19). The van der Waals surface area contributed by atoms with Crippen LogP contribution in [0.2, 0.25) is 0 Å². The highest BCUT2D eigenvalue weighted by Gasteiger charge is 2.16. The van der Waals surface area contributed by atoms with E-state index in [1.54, 1.807) is 6.07 Å². The number of likely N-dealkylation sites (tertiary alicyclic amines) is 1. The van der Waals surface area contributed by atoms with Crippen molar-refractivity contribution in [3.8, 4) is 0 Å². The van der Waals surface area contributed by atoms with Crippen LogP contribution in [0.4, 0.5) is 5.69 Å². The summed E-state index contributed by atoms with van der Waals surface area (Å²) in [6.07, 6.45) is 2.57. The lowest BCUT2D eigenvalue weighted by atomic mass is 10.1. The Morgan fingerprint density at radius 1 is 1.37 bits per heavy atom. The zero-order valence-corrected chi connectivity index (χ0v) is 11.7. The van der Waals surface area contributed by atoms with Crippen LogP contribution in [0.1, 0.15) is 28.8 Å². The number of aryl methyl sites for hydroxylation is 1. The summed E-state index contributed by atoms with van der Waals surface area (Å²) in [5.41, 5.74) is 2.18. The number of aromatic carboxylic acids is 1. The van der Waals surface area contributed by atoms with Crippen molar-refractivity contribution in [2.75, 3.05) is 38.1 Å². The zero-order valence-electron chi connectivity index (χ0n) is 11.7. The molecule has 0 atom stereocenters. The molecule has 19 heavy (non-hydrogen) atoms. The van der Waals surface area contributed by atoms with E-state index in [9.17, 15) is 9.90 Å². The molecule has 0 bridgehead atoms. The normalized spacial score (nSPS) is 15.7. The fourth-order valence-electron chi connectivity index (χ4n) is 2.57. The van der Waals surface area contributed by atoms with Gasteiger partial charge in [-0.15, -0.1) is 0 Å². The van der Waals surface area contributed by atoms with Crippen molar-refractivity contribution in [2.45, 2.75) is 19.8 Å². The second-order valence-corrected chi connectivity index (χ2v) is 5.30. The summed E-state index contributed by atoms with van der Waals surface area (Å²) >= 11 is 0. The number of hydrogen-bond donors (Lipinski definition) is 1. The minimum atomic E-state index is -0.855. The quantitative estimate of drug-likeness (QED) is 0.883. The molecule has 1 aromatic carbocycles. The van der Waals surface area contributed by atoms with Gasteiger partial charge in [-0.2, -0.15) is 0 Å². The van der Waals surface area contributed by atoms with E-state index in [0.29, 0.717) is 5.56 Å². The summed E-state index contributed by atoms with van der Waals surface area (Å²) in [6, 6.07) is 5.61. The number of anilines is 1. The van der Waals surface area contributed by atoms with Crippen molar-refractivity contribution < 1.29 is 9.90 Å². The first-order valence-corrected chi connectivity index (χ1v) is 6.85. The van der Waals surface area contributed by atoms with Gasteiger partial charge in [-0.1, -0.05) is 11.6 Å². The molecule has 104 valence electrons. The average Bonchev–Trinajstić information content (AvgIpc) is 2.88. The molecule has 0 saturated carbocycles. The van der Waals surface area contributed by atoms with Crippen LogP contribution in [0.15, 0.2) is 18.2 Å². The van der Waals surface area contributed by atoms with Gasteiger partial charge in [-0.3, -0.25) is 0 Å². The molecule has 0 aliphatic carbocycles. The van der Waals surface area contributed by atoms with Crippen LogP contribution in [0, 0.1) is 6.92 Å². The summed E-state index contributed by atoms with van der Waals surface area (Å²) in [6.45, 7) is 6.13. The molecule has 1 saturated heterocycles. The Hall–Kier alpha value is -1.55. The fraction of sp³-hybridized carbons (Fsp3) is 0.533. The third-order valence-corrected chi connectivity index (χ3v) is 3.74. The van der Waals surface area contributed by atoms with Crippen molar-refractivity contribution in [3.63, 3.8) is 0 Å². The SMILES string of the molecule is Cc1ccc(N(C)CCN2CCCC2)c(C(=O)O)c1. The molecule has 4 heteroatoms. The van der Waals surface area contributed by atoms with Gasteiger partial charge >= 0.3 is 5.97 Å². The highest BCUT2D eigenvalue weighted by molar-refractivity contribution is 5.94. The van der Waals surface area contributed by atoms with E-state index in [2.05, 4.69) is 4.90 Å². The van der Waals surface area contributed by atoms with Gasteiger partial charge < -0.3 is 14.9 Å². The second kappa shape index (κ2) is 6.06. The van der Waals surface area contributed by atoms with Crippen LogP contribution in [0.5, 0.6) is 0 Å². The van der Waals surface area contributed by atoms with Crippen LogP contribution in [-0.2, 0) is 0 Å². The van der Waals surface area contributed by atoms with Crippen molar-refractivity contribution in [1.29, 1.82) is 0 Å². The monoisotopic (exact) mass is 262 g/mol. The molecule has 1 heterocycles. The smallest absolute Gasteiger partial charge is 0.337 e. The number of hydrogen-bond acceptors (Lipinski definition) is 3. The molecule has 1 aromatic rings. The van der Waals surface area contributed by atoms with Crippen molar-refractivity contribution in [2.24, 2.45) is 0 Å². The molecule has 1 fully saturated rings. The first-order valence-electron chi connectivity index (χ1n) is 6.85. The van der Waals surface area contributed by atoms with Crippen molar-refractivity contribution in [1.82, 2.24) is 4.90 Å². The number of carboxylic acids is 1. The lowest BCUT2D eigenvalue weighted by molar-refractivity contribution is 0.0697. The Morgan fingerprint density at radius 2 is 2.05 bits per heavy atom. The van der Waals surface area contributed by atoms with Crippen LogP contribution in [0.25, 0.3) is 0 Å². The van der Waals surface area contributed by atoms with E-state index in [1.165, 1.54) is 25.9 Å². The maximum atomic E-state index is 11.3. The fourth-order valence-corrected chi connectivity index (χ4v) is 2.57. The first kappa shape index (κ1) is 13.9. The molecular weight excluding hydrogens is 240 g/mol. The van der Waals surface area contributed by atoms with Gasteiger partial charge in [0.1, 0.15) is 0 Å². The summed E-state index contributed by atoms with van der Waals surface area (Å²) < 4.78 is 0. The molecule has 0 spiro atoms. The minimum Gasteiger partial charge on any atom is -0.478 e. The topological polar surface area (TPSA) is 43.8 Å². The number of nitrogens with zero attached hydrogens (tertiary/aromatic N) is 2. The lowest BCUT2D eigenvalue weighted by Crippen LogP contribution is -2.32. The van der Waals surface area contributed by atoms with Gasteiger partial charge in [0.05, 0.1) is 11.3 Å². The molecule has 2 rings (SSSR count). The van der Waals surface area contributed by atoms with E-state index in [0.717, 1.165) is 24.3 Å². The van der Waals surface area contributed by atoms with Gasteiger partial charge in [-0.25, -0.2) is 4.79 Å². The van der Waals surface area contributed by atoms with E-state index in [4.69, 9.17) is 0 Å². The van der Waals surface area contributed by atoms with Crippen LogP contribution in [-0.4, -0.2) is 49.2 Å². The summed E-state index contributed by atoms with van der Waals surface area (Å²) in [5, 5.41) is 9.28. The number of benzene rings is 1. The van der Waals surface area contributed by atoms with Crippen molar-refractivity contribution in [3.05, 3.63) is 29.3 Å². The van der Waals surface area contributed by atoms with Crippen molar-refractivity contribution >= 4 is 11.7 Å². The molecule has 1 aliphatic heterocycles. The molecule has 1 N–H and O–H groups in total. The van der Waals surface area contributed by atoms with E-state index < -0.39 is 5.97 Å². The van der Waals surface area contributed by atoms with Crippen LogP contribution >= 0.6 is 0 Å². The summed E-state index contributed by atoms with van der Waals surface area (Å²) in [5.74, 6) is -0.855. The molecule has 0 unspecified atom stereocenters. The maximum absolute atomic E-state index is 11.3. The van der Waals surface area contributed by atoms with Gasteiger partial charge in [-0.05, 0) is 45.0 Å². The Balaban J connectivity index is 2.05. The van der Waals surface area contributed by atoms with Gasteiger partial charge in [0.15, 0.2) is 0 Å². The molecule has 0 amide bonds. The maximum Gasteiger partial charge on any atom is 0.337 e. The second-order valence-electron chi connectivity index (χ2n) is 5.30. The lowest BCUT2D eigenvalue weighted by Gasteiger charge is -2.24. The largest absolute Gasteiger partial charge is 0.478 e. The van der Waals surface area contributed by atoms with E-state index in [1.807, 2.05) is 31.0 Å². The van der Waals surface area contributed by atoms with Gasteiger partial charge in [0.25, 0.3) is 0 Å². The Bertz CT molecular complexity index is 453. The zero-order chi connectivity index (χ0) is 13.8. The van der Waals surface area contributed by atoms with Crippen LogP contribution < -0.4 is 4.90 Å². The van der Waals surface area contributed by atoms with E-state index in [-0.39, 0.29) is 0 Å². The highest BCUT2D eigenvalue weighted by Crippen LogP contribution is 2.21. The number of carbonyl (C=O) groups is 1. The third-order valence-electron chi connectivity index (χ3n) is 3.74. The predicted molar refractivity (Wildman–Crippen MR) is 77.1 cm³/mol. The Morgan fingerprint density at radius 3 is 2.68 bits per heavy atom. The highest BCUT2D eigenvalue weighted by atomic mass is 16.4.